The van der Waals surface area contributed by atoms with E-state index in [0.717, 1.165) is 12.1 Å². The molecule has 0 aliphatic heterocycles. The Morgan fingerprint density at radius 2 is 2.33 bits per heavy atom. The number of carbonyl (C=O) groups is 1. The van der Waals surface area contributed by atoms with Crippen LogP contribution in [-0.4, -0.2) is 20.9 Å². The highest BCUT2D eigenvalue weighted by molar-refractivity contribution is 5.77. The summed E-state index contributed by atoms with van der Waals surface area (Å²) in [6.45, 7) is 6.84. The van der Waals surface area contributed by atoms with Crippen LogP contribution in [-0.2, 0) is 11.3 Å². The van der Waals surface area contributed by atoms with Crippen molar-refractivity contribution >= 4 is 5.97 Å². The van der Waals surface area contributed by atoms with Crippen LogP contribution in [0.1, 0.15) is 32.3 Å². The fraction of sp³-hybridized carbons (Fsp3) is 0.636. The van der Waals surface area contributed by atoms with Crippen molar-refractivity contribution in [3.05, 3.63) is 18.0 Å². The van der Waals surface area contributed by atoms with E-state index in [0.29, 0.717) is 0 Å². The third-order valence-electron chi connectivity index (χ3n) is 3.43. The number of hydrogen-bond donors (Lipinski definition) is 1. The Kier molecular flexibility index (Phi) is 2.10. The third-order valence-corrected chi connectivity index (χ3v) is 3.43. The predicted octanol–water partition coefficient (Wildman–Crippen LogP) is 1.73. The first-order chi connectivity index (χ1) is 6.98. The van der Waals surface area contributed by atoms with Crippen LogP contribution in [0.25, 0.3) is 0 Å². The van der Waals surface area contributed by atoms with Crippen LogP contribution in [0.2, 0.25) is 0 Å². The topological polar surface area (TPSA) is 55.1 Å². The van der Waals surface area contributed by atoms with E-state index in [-0.39, 0.29) is 17.3 Å². The summed E-state index contributed by atoms with van der Waals surface area (Å²) in [5.41, 5.74) is 0.919. The van der Waals surface area contributed by atoms with Gasteiger partial charge in [-0.15, -0.1) is 0 Å². The molecule has 1 saturated carbocycles. The number of nitrogens with zero attached hydrogens (tertiary/aromatic N) is 2. The molecule has 1 N–H and O–H groups in total. The minimum atomic E-state index is -0.700. The van der Waals surface area contributed by atoms with Gasteiger partial charge in [0.2, 0.25) is 0 Å². The molecular formula is C11H16N2O2. The summed E-state index contributed by atoms with van der Waals surface area (Å²) in [7, 11) is 0. The second kappa shape index (κ2) is 3.08. The van der Waals surface area contributed by atoms with Crippen molar-refractivity contribution in [3.63, 3.8) is 0 Å². The van der Waals surface area contributed by atoms with Crippen molar-refractivity contribution in [3.8, 4) is 0 Å². The van der Waals surface area contributed by atoms with Gasteiger partial charge in [0.1, 0.15) is 0 Å². The van der Waals surface area contributed by atoms with Gasteiger partial charge in [0.15, 0.2) is 0 Å². The van der Waals surface area contributed by atoms with Crippen LogP contribution in [0.4, 0.5) is 0 Å². The molecular weight excluding hydrogens is 192 g/mol. The van der Waals surface area contributed by atoms with Crippen LogP contribution in [0.3, 0.4) is 0 Å². The highest BCUT2D eigenvalue weighted by Gasteiger charge is 2.63. The molecule has 0 unspecified atom stereocenters. The SMILES string of the molecule is CCn1cc([C@H]2[C@H](C(=O)O)C2(C)C)cn1. The van der Waals surface area contributed by atoms with Crippen molar-refractivity contribution in [1.29, 1.82) is 0 Å². The molecule has 15 heavy (non-hydrogen) atoms. The van der Waals surface area contributed by atoms with Gasteiger partial charge in [0.05, 0.1) is 12.1 Å². The van der Waals surface area contributed by atoms with Crippen molar-refractivity contribution in [2.24, 2.45) is 11.3 Å². The number of aryl methyl sites for hydroxylation is 1. The lowest BCUT2D eigenvalue weighted by Gasteiger charge is -1.98. The Hall–Kier alpha value is -1.32. The number of rotatable bonds is 3. The molecule has 82 valence electrons. The van der Waals surface area contributed by atoms with Gasteiger partial charge in [-0.1, -0.05) is 13.8 Å². The lowest BCUT2D eigenvalue weighted by Crippen LogP contribution is -2.03. The molecule has 1 aliphatic rings. The third kappa shape index (κ3) is 1.44. The molecule has 1 aromatic heterocycles. The first kappa shape index (κ1) is 10.2. The van der Waals surface area contributed by atoms with E-state index in [2.05, 4.69) is 5.10 Å². The Morgan fingerprint density at radius 1 is 1.67 bits per heavy atom. The monoisotopic (exact) mass is 208 g/mol. The van der Waals surface area contributed by atoms with Crippen molar-refractivity contribution < 1.29 is 9.90 Å². The van der Waals surface area contributed by atoms with Gasteiger partial charge >= 0.3 is 5.97 Å². The van der Waals surface area contributed by atoms with Crippen molar-refractivity contribution in [2.45, 2.75) is 33.2 Å². The maximum Gasteiger partial charge on any atom is 0.307 e. The van der Waals surface area contributed by atoms with E-state index in [4.69, 9.17) is 5.11 Å². The first-order valence-electron chi connectivity index (χ1n) is 5.23. The second-order valence-electron chi connectivity index (χ2n) is 4.74. The summed E-state index contributed by atoms with van der Waals surface area (Å²) in [5, 5.41) is 13.2. The zero-order chi connectivity index (χ0) is 11.2. The minimum absolute atomic E-state index is 0.121. The van der Waals surface area contributed by atoms with Crippen LogP contribution < -0.4 is 0 Å². The number of carboxylic acids is 1. The Bertz CT molecular complexity index is 395. The Balaban J connectivity index is 2.23. The summed E-state index contributed by atoms with van der Waals surface area (Å²) in [4.78, 5) is 11.0. The molecule has 0 radical (unpaired) electrons. The van der Waals surface area contributed by atoms with Gasteiger partial charge < -0.3 is 5.11 Å². The molecule has 0 aromatic carbocycles. The number of hydrogen-bond acceptors (Lipinski definition) is 2. The average molecular weight is 208 g/mol. The van der Waals surface area contributed by atoms with E-state index in [1.54, 1.807) is 6.20 Å². The molecule has 2 atom stereocenters. The van der Waals surface area contributed by atoms with Crippen LogP contribution in [0, 0.1) is 11.3 Å². The fourth-order valence-electron chi connectivity index (χ4n) is 2.43. The second-order valence-corrected chi connectivity index (χ2v) is 4.74. The maximum absolute atomic E-state index is 11.0. The van der Waals surface area contributed by atoms with Gasteiger partial charge in [0.25, 0.3) is 0 Å². The summed E-state index contributed by atoms with van der Waals surface area (Å²) in [5.74, 6) is -0.837. The molecule has 0 bridgehead atoms. The molecule has 2 rings (SSSR count). The van der Waals surface area contributed by atoms with Gasteiger partial charge in [0, 0.05) is 18.7 Å². The van der Waals surface area contributed by atoms with Crippen LogP contribution in [0.5, 0.6) is 0 Å². The summed E-state index contributed by atoms with van der Waals surface area (Å²) in [6.07, 6.45) is 3.74. The van der Waals surface area contributed by atoms with E-state index in [9.17, 15) is 4.79 Å². The van der Waals surface area contributed by atoms with Gasteiger partial charge in [-0.25, -0.2) is 0 Å². The molecule has 1 heterocycles. The number of carboxylic acid groups (broad SMARTS) is 1. The largest absolute Gasteiger partial charge is 0.481 e. The molecule has 0 saturated heterocycles. The lowest BCUT2D eigenvalue weighted by molar-refractivity contribution is -0.139. The Labute approximate surface area is 88.9 Å². The number of aromatic nitrogens is 2. The highest BCUT2D eigenvalue weighted by Crippen LogP contribution is 2.64. The van der Waals surface area contributed by atoms with Crippen molar-refractivity contribution in [1.82, 2.24) is 9.78 Å². The predicted molar refractivity (Wildman–Crippen MR) is 55.5 cm³/mol. The van der Waals surface area contributed by atoms with Crippen LogP contribution in [0.15, 0.2) is 12.4 Å². The maximum atomic E-state index is 11.0. The molecule has 4 heteroatoms. The van der Waals surface area contributed by atoms with Crippen LogP contribution >= 0.6 is 0 Å². The normalized spacial score (nSPS) is 27.7. The van der Waals surface area contributed by atoms with E-state index in [1.807, 2.05) is 31.6 Å². The molecule has 1 aliphatic carbocycles. The molecule has 0 amide bonds. The van der Waals surface area contributed by atoms with Gasteiger partial charge in [-0.3, -0.25) is 9.48 Å². The van der Waals surface area contributed by atoms with E-state index >= 15 is 0 Å². The highest BCUT2D eigenvalue weighted by atomic mass is 16.4. The van der Waals surface area contributed by atoms with Gasteiger partial charge in [-0.2, -0.15) is 5.10 Å². The zero-order valence-electron chi connectivity index (χ0n) is 9.27. The standard InChI is InChI=1S/C11H16N2O2/c1-4-13-6-7(5-12-13)8-9(10(14)15)11(8,2)3/h5-6,8-9H,4H2,1-3H3,(H,14,15)/t8-,9+/m0/s1. The quantitative estimate of drug-likeness (QED) is 0.823. The van der Waals surface area contributed by atoms with E-state index < -0.39 is 5.97 Å². The average Bonchev–Trinajstić information content (AvgIpc) is 2.59. The fourth-order valence-corrected chi connectivity index (χ4v) is 2.43. The zero-order valence-corrected chi connectivity index (χ0v) is 9.27. The first-order valence-corrected chi connectivity index (χ1v) is 5.23. The summed E-state index contributed by atoms with van der Waals surface area (Å²) < 4.78 is 1.84. The summed E-state index contributed by atoms with van der Waals surface area (Å²) in [6, 6.07) is 0. The summed E-state index contributed by atoms with van der Waals surface area (Å²) >= 11 is 0. The van der Waals surface area contributed by atoms with E-state index in [1.165, 1.54) is 0 Å². The smallest absolute Gasteiger partial charge is 0.307 e. The molecule has 4 nitrogen and oxygen atoms in total. The molecule has 1 fully saturated rings. The lowest BCUT2D eigenvalue weighted by atomic mass is 10.1. The Morgan fingerprint density at radius 3 is 2.73 bits per heavy atom. The molecule has 1 aromatic rings. The molecule has 0 spiro atoms. The van der Waals surface area contributed by atoms with Crippen molar-refractivity contribution in [2.75, 3.05) is 0 Å². The minimum Gasteiger partial charge on any atom is -0.481 e. The number of aliphatic carboxylic acids is 1. The van der Waals surface area contributed by atoms with Gasteiger partial charge in [-0.05, 0) is 17.9 Å².